The van der Waals surface area contributed by atoms with Crippen molar-refractivity contribution in [2.45, 2.75) is 59.0 Å². The molecule has 0 bridgehead atoms. The summed E-state index contributed by atoms with van der Waals surface area (Å²) < 4.78 is 0. The molecule has 1 saturated carbocycles. The standard InChI is InChI=1S/C16H24O/c1-11-4-7-15(13(3)12(11)2)10-14-5-8-16(17)9-6-14/h4,7,14,16-17H,5-6,8-10H2,1-3H3. The molecule has 1 aliphatic carbocycles. The van der Waals surface area contributed by atoms with E-state index < -0.39 is 0 Å². The Morgan fingerprint density at radius 2 is 1.65 bits per heavy atom. The quantitative estimate of drug-likeness (QED) is 0.824. The van der Waals surface area contributed by atoms with Crippen LogP contribution in [0, 0.1) is 26.7 Å². The molecule has 0 heterocycles. The highest BCUT2D eigenvalue weighted by Crippen LogP contribution is 2.29. The highest BCUT2D eigenvalue weighted by molar-refractivity contribution is 5.38. The SMILES string of the molecule is Cc1ccc(CC2CCC(O)CC2)c(C)c1C. The molecule has 0 aromatic heterocycles. The van der Waals surface area contributed by atoms with E-state index in [4.69, 9.17) is 0 Å². The van der Waals surface area contributed by atoms with E-state index in [0.717, 1.165) is 18.8 Å². The predicted octanol–water partition coefficient (Wildman–Crippen LogP) is 3.71. The van der Waals surface area contributed by atoms with Crippen LogP contribution in [0.2, 0.25) is 0 Å². The number of hydrogen-bond donors (Lipinski definition) is 1. The van der Waals surface area contributed by atoms with Crippen LogP contribution in [-0.2, 0) is 6.42 Å². The maximum absolute atomic E-state index is 9.53. The molecule has 1 aliphatic rings. The van der Waals surface area contributed by atoms with E-state index in [1.165, 1.54) is 41.5 Å². The molecule has 0 amide bonds. The fourth-order valence-electron chi connectivity index (χ4n) is 2.89. The molecule has 1 heteroatoms. The van der Waals surface area contributed by atoms with Gasteiger partial charge in [-0.25, -0.2) is 0 Å². The van der Waals surface area contributed by atoms with Crippen LogP contribution in [0.3, 0.4) is 0 Å². The average molecular weight is 232 g/mol. The fourth-order valence-corrected chi connectivity index (χ4v) is 2.89. The minimum absolute atomic E-state index is 0.0351. The second kappa shape index (κ2) is 5.22. The summed E-state index contributed by atoms with van der Waals surface area (Å²) in [5, 5.41) is 9.53. The van der Waals surface area contributed by atoms with Crippen LogP contribution in [0.25, 0.3) is 0 Å². The molecular formula is C16H24O. The monoisotopic (exact) mass is 232 g/mol. The van der Waals surface area contributed by atoms with Gasteiger partial charge in [-0.2, -0.15) is 0 Å². The van der Waals surface area contributed by atoms with Crippen LogP contribution >= 0.6 is 0 Å². The van der Waals surface area contributed by atoms with Gasteiger partial charge >= 0.3 is 0 Å². The maximum Gasteiger partial charge on any atom is 0.0540 e. The van der Waals surface area contributed by atoms with Gasteiger partial charge in [-0.05, 0) is 81.0 Å². The van der Waals surface area contributed by atoms with Gasteiger partial charge in [-0.15, -0.1) is 0 Å². The number of aliphatic hydroxyl groups excluding tert-OH is 1. The maximum atomic E-state index is 9.53. The molecule has 94 valence electrons. The number of aliphatic hydroxyl groups is 1. The van der Waals surface area contributed by atoms with Crippen molar-refractivity contribution < 1.29 is 5.11 Å². The van der Waals surface area contributed by atoms with Crippen molar-refractivity contribution in [2.24, 2.45) is 5.92 Å². The molecule has 0 radical (unpaired) electrons. The molecule has 1 aromatic carbocycles. The van der Waals surface area contributed by atoms with Crippen molar-refractivity contribution in [1.29, 1.82) is 0 Å². The first-order chi connectivity index (χ1) is 8.08. The third-order valence-electron chi connectivity index (χ3n) is 4.50. The summed E-state index contributed by atoms with van der Waals surface area (Å²) >= 11 is 0. The lowest BCUT2D eigenvalue weighted by molar-refractivity contribution is 0.108. The minimum atomic E-state index is -0.0351. The molecule has 0 atom stereocenters. The van der Waals surface area contributed by atoms with Gasteiger partial charge in [0.15, 0.2) is 0 Å². The lowest BCUT2D eigenvalue weighted by atomic mass is 9.82. The Labute approximate surface area is 105 Å². The highest BCUT2D eigenvalue weighted by atomic mass is 16.3. The topological polar surface area (TPSA) is 20.2 Å². The molecule has 2 rings (SSSR count). The molecule has 1 nitrogen and oxygen atoms in total. The predicted molar refractivity (Wildman–Crippen MR) is 72.3 cm³/mol. The van der Waals surface area contributed by atoms with E-state index in [1.54, 1.807) is 0 Å². The van der Waals surface area contributed by atoms with Crippen LogP contribution in [0.4, 0.5) is 0 Å². The van der Waals surface area contributed by atoms with Crippen LogP contribution < -0.4 is 0 Å². The normalized spacial score (nSPS) is 24.9. The molecule has 0 unspecified atom stereocenters. The smallest absolute Gasteiger partial charge is 0.0540 e. The van der Waals surface area contributed by atoms with E-state index in [-0.39, 0.29) is 6.10 Å². The van der Waals surface area contributed by atoms with Gasteiger partial charge < -0.3 is 5.11 Å². The van der Waals surface area contributed by atoms with E-state index >= 15 is 0 Å². The van der Waals surface area contributed by atoms with E-state index in [1.807, 2.05) is 0 Å². The third kappa shape index (κ3) is 2.90. The summed E-state index contributed by atoms with van der Waals surface area (Å²) in [5.41, 5.74) is 5.81. The zero-order chi connectivity index (χ0) is 12.4. The van der Waals surface area contributed by atoms with Gasteiger partial charge in [0.2, 0.25) is 0 Å². The first-order valence-electron chi connectivity index (χ1n) is 6.81. The average Bonchev–Trinajstić information content (AvgIpc) is 2.33. The molecule has 1 aromatic rings. The summed E-state index contributed by atoms with van der Waals surface area (Å²) in [4.78, 5) is 0. The summed E-state index contributed by atoms with van der Waals surface area (Å²) in [6.45, 7) is 6.65. The van der Waals surface area contributed by atoms with Crippen molar-refractivity contribution in [3.63, 3.8) is 0 Å². The fraction of sp³-hybridized carbons (Fsp3) is 0.625. The summed E-state index contributed by atoms with van der Waals surface area (Å²) in [7, 11) is 0. The molecule has 1 fully saturated rings. The van der Waals surface area contributed by atoms with E-state index in [2.05, 4.69) is 32.9 Å². The number of aryl methyl sites for hydroxylation is 1. The lowest BCUT2D eigenvalue weighted by Gasteiger charge is -2.26. The van der Waals surface area contributed by atoms with Gasteiger partial charge in [-0.1, -0.05) is 12.1 Å². The van der Waals surface area contributed by atoms with Gasteiger partial charge in [0.25, 0.3) is 0 Å². The molecule has 0 aliphatic heterocycles. The van der Waals surface area contributed by atoms with Crippen LogP contribution in [0.15, 0.2) is 12.1 Å². The largest absolute Gasteiger partial charge is 0.393 e. The molecule has 17 heavy (non-hydrogen) atoms. The van der Waals surface area contributed by atoms with Crippen molar-refractivity contribution in [3.8, 4) is 0 Å². The van der Waals surface area contributed by atoms with Crippen molar-refractivity contribution >= 4 is 0 Å². The van der Waals surface area contributed by atoms with Crippen LogP contribution in [0.5, 0.6) is 0 Å². The molecule has 1 N–H and O–H groups in total. The zero-order valence-electron chi connectivity index (χ0n) is 11.3. The van der Waals surface area contributed by atoms with Crippen LogP contribution in [-0.4, -0.2) is 11.2 Å². The number of hydrogen-bond acceptors (Lipinski definition) is 1. The van der Waals surface area contributed by atoms with Crippen molar-refractivity contribution in [1.82, 2.24) is 0 Å². The highest BCUT2D eigenvalue weighted by Gasteiger charge is 2.20. The third-order valence-corrected chi connectivity index (χ3v) is 4.50. The Hall–Kier alpha value is -0.820. The van der Waals surface area contributed by atoms with Gasteiger partial charge in [0.1, 0.15) is 0 Å². The lowest BCUT2D eigenvalue weighted by Crippen LogP contribution is -2.19. The summed E-state index contributed by atoms with van der Waals surface area (Å²) in [6, 6.07) is 4.54. The minimum Gasteiger partial charge on any atom is -0.393 e. The second-order valence-corrected chi connectivity index (χ2v) is 5.67. The van der Waals surface area contributed by atoms with Crippen molar-refractivity contribution in [3.05, 3.63) is 34.4 Å². The summed E-state index contributed by atoms with van der Waals surface area (Å²) in [6.07, 6.45) is 5.52. The Morgan fingerprint density at radius 3 is 2.29 bits per heavy atom. The molecular weight excluding hydrogens is 208 g/mol. The molecule has 0 saturated heterocycles. The van der Waals surface area contributed by atoms with Gasteiger partial charge in [-0.3, -0.25) is 0 Å². The first kappa shape index (κ1) is 12.6. The Balaban J connectivity index is 2.06. The number of benzene rings is 1. The van der Waals surface area contributed by atoms with E-state index in [9.17, 15) is 5.11 Å². The zero-order valence-corrected chi connectivity index (χ0v) is 11.3. The van der Waals surface area contributed by atoms with Crippen molar-refractivity contribution in [2.75, 3.05) is 0 Å². The first-order valence-corrected chi connectivity index (χ1v) is 6.81. The van der Waals surface area contributed by atoms with Gasteiger partial charge in [0.05, 0.1) is 6.10 Å². The Morgan fingerprint density at radius 1 is 1.00 bits per heavy atom. The summed E-state index contributed by atoms with van der Waals surface area (Å²) in [5.74, 6) is 0.777. The van der Waals surface area contributed by atoms with E-state index in [0.29, 0.717) is 0 Å². The number of rotatable bonds is 2. The molecule has 0 spiro atoms. The van der Waals surface area contributed by atoms with Crippen LogP contribution in [0.1, 0.15) is 47.9 Å². The van der Waals surface area contributed by atoms with Gasteiger partial charge in [0, 0.05) is 0 Å². The Kier molecular flexibility index (Phi) is 3.88. The Bertz CT molecular complexity index is 387. The second-order valence-electron chi connectivity index (χ2n) is 5.67.